The van der Waals surface area contributed by atoms with Gasteiger partial charge in [-0.1, -0.05) is 18.2 Å². The minimum Gasteiger partial charge on any atom is -0.494 e. The topological polar surface area (TPSA) is 71.8 Å². The number of nitrogens with one attached hydrogen (secondary N) is 1. The molecule has 146 valence electrons. The van der Waals surface area contributed by atoms with Crippen molar-refractivity contribution in [2.24, 2.45) is 0 Å². The van der Waals surface area contributed by atoms with Gasteiger partial charge in [0.2, 0.25) is 5.91 Å². The Morgan fingerprint density at radius 3 is 2.68 bits per heavy atom. The molecule has 6 heteroatoms. The summed E-state index contributed by atoms with van der Waals surface area (Å²) in [6.45, 7) is 3.52. The molecule has 0 saturated heterocycles. The number of para-hydroxylation sites is 1. The highest BCUT2D eigenvalue weighted by Gasteiger charge is 2.10. The fraction of sp³-hybridized carbons (Fsp3) is 0.273. The van der Waals surface area contributed by atoms with Gasteiger partial charge in [-0.2, -0.15) is 0 Å². The smallest absolute Gasteiger partial charge is 0.336 e. The summed E-state index contributed by atoms with van der Waals surface area (Å²) in [6, 6.07) is 16.6. The van der Waals surface area contributed by atoms with Gasteiger partial charge in [0.05, 0.1) is 6.61 Å². The molecule has 0 aliphatic heterocycles. The molecule has 0 atom stereocenters. The number of ether oxygens (including phenoxy) is 1. The number of hydrogen-bond acceptors (Lipinski definition) is 5. The largest absolute Gasteiger partial charge is 0.494 e. The molecule has 6 nitrogen and oxygen atoms in total. The van der Waals surface area contributed by atoms with Gasteiger partial charge in [0.15, 0.2) is 0 Å². The van der Waals surface area contributed by atoms with Crippen LogP contribution >= 0.6 is 0 Å². The molecule has 28 heavy (non-hydrogen) atoms. The predicted molar refractivity (Wildman–Crippen MR) is 110 cm³/mol. The monoisotopic (exact) mass is 380 g/mol. The first-order chi connectivity index (χ1) is 13.5. The second-order valence-corrected chi connectivity index (χ2v) is 6.74. The summed E-state index contributed by atoms with van der Waals surface area (Å²) >= 11 is 0. The average molecular weight is 380 g/mol. The standard InChI is InChI=1S/C22H24N2O4/c1-16(25)23-18-9-10-20-17(13-22(26)28-21(20)14-18)15-24(2)11-6-12-27-19-7-4-3-5-8-19/h3-5,7-10,13-14H,6,11-12,15H2,1-2H3,(H,23,25). The van der Waals surface area contributed by atoms with Crippen LogP contribution < -0.4 is 15.7 Å². The van der Waals surface area contributed by atoms with Gasteiger partial charge >= 0.3 is 5.63 Å². The van der Waals surface area contributed by atoms with Crippen LogP contribution in [-0.2, 0) is 11.3 Å². The maximum Gasteiger partial charge on any atom is 0.336 e. The summed E-state index contributed by atoms with van der Waals surface area (Å²) in [4.78, 5) is 25.3. The van der Waals surface area contributed by atoms with Gasteiger partial charge in [-0.15, -0.1) is 0 Å². The zero-order chi connectivity index (χ0) is 19.9. The summed E-state index contributed by atoms with van der Waals surface area (Å²) in [5.41, 5.74) is 1.57. The van der Waals surface area contributed by atoms with E-state index in [-0.39, 0.29) is 5.91 Å². The zero-order valence-corrected chi connectivity index (χ0v) is 16.1. The molecule has 0 unspecified atom stereocenters. The van der Waals surface area contributed by atoms with E-state index < -0.39 is 5.63 Å². The Balaban J connectivity index is 1.62. The molecule has 0 aliphatic rings. The van der Waals surface area contributed by atoms with Crippen LogP contribution in [0.2, 0.25) is 0 Å². The summed E-state index contributed by atoms with van der Waals surface area (Å²) in [5.74, 6) is 0.696. The highest BCUT2D eigenvalue weighted by atomic mass is 16.5. The molecule has 1 amide bonds. The van der Waals surface area contributed by atoms with E-state index in [0.717, 1.165) is 29.7 Å². The van der Waals surface area contributed by atoms with Crippen LogP contribution in [0.4, 0.5) is 5.69 Å². The lowest BCUT2D eigenvalue weighted by molar-refractivity contribution is -0.114. The molecule has 3 aromatic rings. The number of anilines is 1. The number of fused-ring (bicyclic) bond motifs is 1. The second kappa shape index (κ2) is 9.19. The van der Waals surface area contributed by atoms with Crippen molar-refractivity contribution < 1.29 is 13.9 Å². The predicted octanol–water partition coefficient (Wildman–Crippen LogP) is 3.65. The minimum atomic E-state index is -0.400. The van der Waals surface area contributed by atoms with Crippen LogP contribution in [0.5, 0.6) is 5.75 Å². The van der Waals surface area contributed by atoms with Gasteiger partial charge in [0, 0.05) is 43.2 Å². The number of amides is 1. The molecule has 3 rings (SSSR count). The maximum absolute atomic E-state index is 11.9. The molecule has 2 aromatic carbocycles. The molecule has 0 aliphatic carbocycles. The highest BCUT2D eigenvalue weighted by Crippen LogP contribution is 2.22. The first-order valence-electron chi connectivity index (χ1n) is 9.22. The van der Waals surface area contributed by atoms with E-state index in [1.807, 2.05) is 43.4 Å². The molecule has 1 heterocycles. The lowest BCUT2D eigenvalue weighted by atomic mass is 10.1. The Kier molecular flexibility index (Phi) is 6.45. The molecule has 0 radical (unpaired) electrons. The third-order valence-corrected chi connectivity index (χ3v) is 4.29. The lowest BCUT2D eigenvalue weighted by Crippen LogP contribution is -2.21. The molecule has 0 fully saturated rings. The number of hydrogen-bond donors (Lipinski definition) is 1. The Bertz CT molecular complexity index is 998. The average Bonchev–Trinajstić information content (AvgIpc) is 2.65. The minimum absolute atomic E-state index is 0.171. The molecular weight excluding hydrogens is 356 g/mol. The van der Waals surface area contributed by atoms with Crippen LogP contribution in [0.1, 0.15) is 18.9 Å². The van der Waals surface area contributed by atoms with Crippen molar-refractivity contribution in [1.29, 1.82) is 0 Å². The van der Waals surface area contributed by atoms with E-state index in [9.17, 15) is 9.59 Å². The number of carbonyl (C=O) groups is 1. The van der Waals surface area contributed by atoms with Gasteiger partial charge < -0.3 is 19.4 Å². The van der Waals surface area contributed by atoms with Crippen molar-refractivity contribution >= 4 is 22.6 Å². The zero-order valence-electron chi connectivity index (χ0n) is 16.1. The highest BCUT2D eigenvalue weighted by molar-refractivity contribution is 5.92. The van der Waals surface area contributed by atoms with Crippen molar-refractivity contribution in [3.63, 3.8) is 0 Å². The SMILES string of the molecule is CC(=O)Nc1ccc2c(CN(C)CCCOc3ccccc3)cc(=O)oc2c1. The van der Waals surface area contributed by atoms with Crippen molar-refractivity contribution in [2.75, 3.05) is 25.5 Å². The van der Waals surface area contributed by atoms with Crippen molar-refractivity contribution in [3.8, 4) is 5.75 Å². The molecule has 0 spiro atoms. The van der Waals surface area contributed by atoms with E-state index >= 15 is 0 Å². The summed E-state index contributed by atoms with van der Waals surface area (Å²) in [5, 5.41) is 3.56. The van der Waals surface area contributed by atoms with Crippen LogP contribution in [0.25, 0.3) is 11.0 Å². The summed E-state index contributed by atoms with van der Waals surface area (Å²) in [6.07, 6.45) is 0.872. The second-order valence-electron chi connectivity index (χ2n) is 6.74. The van der Waals surface area contributed by atoms with Gasteiger partial charge in [0.25, 0.3) is 0 Å². The third kappa shape index (κ3) is 5.44. The normalized spacial score (nSPS) is 11.0. The van der Waals surface area contributed by atoms with Crippen LogP contribution in [0.3, 0.4) is 0 Å². The van der Waals surface area contributed by atoms with Crippen LogP contribution in [0, 0.1) is 0 Å². The number of rotatable bonds is 8. The number of nitrogens with zero attached hydrogens (tertiary/aromatic N) is 1. The Morgan fingerprint density at radius 2 is 1.93 bits per heavy atom. The van der Waals surface area contributed by atoms with Gasteiger partial charge in [-0.05, 0) is 43.3 Å². The van der Waals surface area contributed by atoms with Gasteiger partial charge in [-0.3, -0.25) is 4.79 Å². The fourth-order valence-electron chi connectivity index (χ4n) is 3.05. The van der Waals surface area contributed by atoms with Gasteiger partial charge in [0.1, 0.15) is 11.3 Å². The first kappa shape index (κ1) is 19.6. The Hall–Kier alpha value is -3.12. The third-order valence-electron chi connectivity index (χ3n) is 4.29. The molecule has 1 aromatic heterocycles. The lowest BCUT2D eigenvalue weighted by Gasteiger charge is -2.18. The fourth-order valence-corrected chi connectivity index (χ4v) is 3.05. The van der Waals surface area contributed by atoms with E-state index in [0.29, 0.717) is 24.4 Å². The van der Waals surface area contributed by atoms with Crippen LogP contribution in [0.15, 0.2) is 63.8 Å². The van der Waals surface area contributed by atoms with E-state index in [1.165, 1.54) is 13.0 Å². The first-order valence-corrected chi connectivity index (χ1v) is 9.22. The molecular formula is C22H24N2O4. The van der Waals surface area contributed by atoms with E-state index in [1.54, 1.807) is 12.1 Å². The van der Waals surface area contributed by atoms with Crippen molar-refractivity contribution in [1.82, 2.24) is 4.90 Å². The summed E-state index contributed by atoms with van der Waals surface area (Å²) in [7, 11) is 2.01. The van der Waals surface area contributed by atoms with Crippen molar-refractivity contribution in [3.05, 3.63) is 70.6 Å². The van der Waals surface area contributed by atoms with Gasteiger partial charge in [-0.25, -0.2) is 4.79 Å². The summed E-state index contributed by atoms with van der Waals surface area (Å²) < 4.78 is 11.0. The Morgan fingerprint density at radius 1 is 1.14 bits per heavy atom. The van der Waals surface area contributed by atoms with E-state index in [2.05, 4.69) is 10.2 Å². The number of carbonyl (C=O) groups excluding carboxylic acids is 1. The maximum atomic E-state index is 11.9. The molecule has 0 saturated carbocycles. The Labute approximate surface area is 163 Å². The van der Waals surface area contributed by atoms with Crippen molar-refractivity contribution in [2.45, 2.75) is 19.9 Å². The van der Waals surface area contributed by atoms with Crippen LogP contribution in [-0.4, -0.2) is 31.0 Å². The van der Waals surface area contributed by atoms with E-state index in [4.69, 9.17) is 9.15 Å². The quantitative estimate of drug-likeness (QED) is 0.477. The molecule has 1 N–H and O–H groups in total. The molecule has 0 bridgehead atoms. The number of benzene rings is 2.